The summed E-state index contributed by atoms with van der Waals surface area (Å²) in [7, 11) is -3.49. The van der Waals surface area contributed by atoms with Crippen molar-refractivity contribution in [1.82, 2.24) is 5.32 Å². The van der Waals surface area contributed by atoms with Crippen LogP contribution < -0.4 is 5.32 Å². The van der Waals surface area contributed by atoms with Gasteiger partial charge < -0.3 is 10.4 Å². The van der Waals surface area contributed by atoms with Crippen LogP contribution in [0.5, 0.6) is 0 Å². The van der Waals surface area contributed by atoms with Gasteiger partial charge in [0.1, 0.15) is 10.8 Å². The Hall–Kier alpha value is -1.11. The van der Waals surface area contributed by atoms with Crippen molar-refractivity contribution in [3.63, 3.8) is 0 Å². The molecule has 1 aliphatic rings. The molecule has 1 unspecified atom stereocenters. The van der Waals surface area contributed by atoms with Gasteiger partial charge in [-0.15, -0.1) is 0 Å². The molecule has 1 amide bonds. The lowest BCUT2D eigenvalue weighted by Gasteiger charge is -2.38. The highest BCUT2D eigenvalue weighted by atomic mass is 32.2. The summed E-state index contributed by atoms with van der Waals surface area (Å²) in [6, 6.07) is 0. The van der Waals surface area contributed by atoms with Crippen LogP contribution >= 0.6 is 0 Å². The first-order valence-electron chi connectivity index (χ1n) is 4.93. The molecule has 1 fully saturated rings. The molecule has 0 bridgehead atoms. The molecule has 0 spiro atoms. The number of rotatable bonds is 4. The lowest BCUT2D eigenvalue weighted by molar-refractivity contribution is -0.151. The molecule has 1 saturated carbocycles. The quantitative estimate of drug-likeness (QED) is 0.702. The van der Waals surface area contributed by atoms with E-state index in [0.717, 1.165) is 12.7 Å². The molecular formula is C9H15NO5S. The molecule has 0 saturated heterocycles. The zero-order valence-electron chi connectivity index (χ0n) is 9.19. The largest absolute Gasteiger partial charge is 0.480 e. The summed E-state index contributed by atoms with van der Waals surface area (Å²) in [5.74, 6) is -1.85. The smallest absolute Gasteiger partial charge is 0.329 e. The average molecular weight is 249 g/mol. The maximum Gasteiger partial charge on any atom is 0.329 e. The van der Waals surface area contributed by atoms with Gasteiger partial charge in [0.05, 0.1) is 0 Å². The van der Waals surface area contributed by atoms with Crippen LogP contribution in [-0.2, 0) is 19.4 Å². The van der Waals surface area contributed by atoms with Gasteiger partial charge in [0.15, 0.2) is 9.84 Å². The van der Waals surface area contributed by atoms with E-state index in [1.165, 1.54) is 6.92 Å². The summed E-state index contributed by atoms with van der Waals surface area (Å²) in [6.07, 6.45) is 2.38. The molecule has 1 atom stereocenters. The first kappa shape index (κ1) is 13.0. The standard InChI is InChI=1S/C9H15NO5S/c1-6(16(2,14)15)7(11)10-9(8(12)13)4-3-5-9/h6H,3-5H2,1-2H3,(H,10,11)(H,12,13). The third-order valence-corrected chi connectivity index (χ3v) is 4.49. The normalized spacial score (nSPS) is 20.6. The highest BCUT2D eigenvalue weighted by Crippen LogP contribution is 2.32. The Labute approximate surface area is 93.9 Å². The number of amides is 1. The second-order valence-corrected chi connectivity index (χ2v) is 6.57. The minimum atomic E-state index is -3.49. The fraction of sp³-hybridized carbons (Fsp3) is 0.778. The van der Waals surface area contributed by atoms with Gasteiger partial charge in [0, 0.05) is 6.26 Å². The number of carbonyl (C=O) groups is 2. The summed E-state index contributed by atoms with van der Waals surface area (Å²) in [4.78, 5) is 22.5. The van der Waals surface area contributed by atoms with Gasteiger partial charge in [0.25, 0.3) is 0 Å². The van der Waals surface area contributed by atoms with Gasteiger partial charge >= 0.3 is 5.97 Å². The van der Waals surface area contributed by atoms with Gasteiger partial charge in [-0.2, -0.15) is 0 Å². The Balaban J connectivity index is 2.75. The Kier molecular flexibility index (Phi) is 3.27. The van der Waals surface area contributed by atoms with E-state index >= 15 is 0 Å². The summed E-state index contributed by atoms with van der Waals surface area (Å²) in [5, 5.41) is 10.1. The molecule has 0 aromatic rings. The molecule has 0 aliphatic heterocycles. The Morgan fingerprint density at radius 2 is 1.88 bits per heavy atom. The number of carbonyl (C=O) groups excluding carboxylic acids is 1. The van der Waals surface area contributed by atoms with Gasteiger partial charge in [-0.05, 0) is 26.2 Å². The van der Waals surface area contributed by atoms with Crippen LogP contribution in [0.2, 0.25) is 0 Å². The van der Waals surface area contributed by atoms with Crippen molar-refractivity contribution >= 4 is 21.7 Å². The van der Waals surface area contributed by atoms with Crippen LogP contribution in [0.25, 0.3) is 0 Å². The average Bonchev–Trinajstić information content (AvgIpc) is 2.07. The molecule has 0 radical (unpaired) electrons. The van der Waals surface area contributed by atoms with E-state index in [1.54, 1.807) is 0 Å². The Morgan fingerprint density at radius 1 is 1.38 bits per heavy atom. The maximum atomic E-state index is 11.5. The van der Waals surface area contributed by atoms with E-state index in [1.807, 2.05) is 0 Å². The third kappa shape index (κ3) is 2.34. The van der Waals surface area contributed by atoms with Crippen molar-refractivity contribution < 1.29 is 23.1 Å². The summed E-state index contributed by atoms with van der Waals surface area (Å²) >= 11 is 0. The number of aliphatic carboxylic acids is 1. The minimum Gasteiger partial charge on any atom is -0.480 e. The van der Waals surface area contributed by atoms with Crippen molar-refractivity contribution in [2.24, 2.45) is 0 Å². The molecule has 0 heterocycles. The number of carboxylic acids is 1. The molecule has 0 aromatic carbocycles. The van der Waals surface area contributed by atoms with Crippen molar-refractivity contribution in [3.8, 4) is 0 Å². The molecule has 0 aromatic heterocycles. The molecule has 2 N–H and O–H groups in total. The highest BCUT2D eigenvalue weighted by molar-refractivity contribution is 7.92. The molecule has 7 heteroatoms. The molecular weight excluding hydrogens is 234 g/mol. The summed E-state index contributed by atoms with van der Waals surface area (Å²) < 4.78 is 22.3. The Bertz CT molecular complexity index is 410. The zero-order chi connectivity index (χ0) is 12.6. The predicted octanol–water partition coefficient (Wildman–Crippen LogP) is -0.457. The van der Waals surface area contributed by atoms with E-state index < -0.39 is 32.5 Å². The zero-order valence-corrected chi connectivity index (χ0v) is 10.0. The number of hydrogen-bond donors (Lipinski definition) is 2. The van der Waals surface area contributed by atoms with Crippen molar-refractivity contribution in [2.75, 3.05) is 6.26 Å². The molecule has 6 nitrogen and oxygen atoms in total. The number of nitrogens with one attached hydrogen (secondary N) is 1. The fourth-order valence-corrected chi connectivity index (χ4v) is 1.90. The summed E-state index contributed by atoms with van der Waals surface area (Å²) in [6.45, 7) is 1.25. The molecule has 92 valence electrons. The van der Waals surface area contributed by atoms with Crippen LogP contribution in [0.15, 0.2) is 0 Å². The maximum absolute atomic E-state index is 11.5. The molecule has 1 rings (SSSR count). The van der Waals surface area contributed by atoms with Gasteiger partial charge in [0.2, 0.25) is 5.91 Å². The van der Waals surface area contributed by atoms with Crippen molar-refractivity contribution in [2.45, 2.75) is 37.0 Å². The number of carboxylic acid groups (broad SMARTS) is 1. The molecule has 16 heavy (non-hydrogen) atoms. The van der Waals surface area contributed by atoms with Crippen molar-refractivity contribution in [1.29, 1.82) is 0 Å². The second kappa shape index (κ2) is 4.04. The monoisotopic (exact) mass is 249 g/mol. The first-order valence-corrected chi connectivity index (χ1v) is 6.89. The van der Waals surface area contributed by atoms with E-state index in [9.17, 15) is 18.0 Å². The van der Waals surface area contributed by atoms with Gasteiger partial charge in [-0.1, -0.05) is 0 Å². The van der Waals surface area contributed by atoms with E-state index in [2.05, 4.69) is 5.32 Å². The van der Waals surface area contributed by atoms with E-state index in [0.29, 0.717) is 12.8 Å². The second-order valence-electron chi connectivity index (χ2n) is 4.20. The topological polar surface area (TPSA) is 101 Å². The Morgan fingerprint density at radius 3 is 2.12 bits per heavy atom. The SMILES string of the molecule is CC(C(=O)NC1(C(=O)O)CCC1)S(C)(=O)=O. The highest BCUT2D eigenvalue weighted by Gasteiger charge is 2.46. The fourth-order valence-electron chi connectivity index (χ4n) is 1.45. The number of hydrogen-bond acceptors (Lipinski definition) is 4. The van der Waals surface area contributed by atoms with E-state index in [-0.39, 0.29) is 0 Å². The van der Waals surface area contributed by atoms with Crippen LogP contribution in [0, 0.1) is 0 Å². The van der Waals surface area contributed by atoms with Crippen LogP contribution in [0.4, 0.5) is 0 Å². The van der Waals surface area contributed by atoms with Crippen LogP contribution in [0.3, 0.4) is 0 Å². The first-order chi connectivity index (χ1) is 7.19. The summed E-state index contributed by atoms with van der Waals surface area (Å²) in [5.41, 5.74) is -1.25. The van der Waals surface area contributed by atoms with Gasteiger partial charge in [-0.25, -0.2) is 13.2 Å². The van der Waals surface area contributed by atoms with Crippen LogP contribution in [-0.4, -0.2) is 42.4 Å². The lowest BCUT2D eigenvalue weighted by atomic mass is 9.76. The predicted molar refractivity (Wildman–Crippen MR) is 56.7 cm³/mol. The van der Waals surface area contributed by atoms with Crippen molar-refractivity contribution in [3.05, 3.63) is 0 Å². The van der Waals surface area contributed by atoms with Crippen LogP contribution in [0.1, 0.15) is 26.2 Å². The third-order valence-electron chi connectivity index (χ3n) is 2.99. The van der Waals surface area contributed by atoms with E-state index in [4.69, 9.17) is 5.11 Å². The van der Waals surface area contributed by atoms with Gasteiger partial charge in [-0.3, -0.25) is 4.79 Å². The molecule has 1 aliphatic carbocycles. The number of sulfone groups is 1. The lowest BCUT2D eigenvalue weighted by Crippen LogP contribution is -2.61. The minimum absolute atomic E-state index is 0.352.